The van der Waals surface area contributed by atoms with Gasteiger partial charge in [-0.15, -0.1) is 0 Å². The van der Waals surface area contributed by atoms with E-state index in [1.807, 2.05) is 12.1 Å². The molecular weight excluding hydrogens is 390 g/mol. The number of aromatic nitrogens is 2. The van der Waals surface area contributed by atoms with Gasteiger partial charge in [-0.2, -0.15) is 0 Å². The van der Waals surface area contributed by atoms with Gasteiger partial charge in [-0.25, -0.2) is 13.8 Å². The molecule has 1 aliphatic heterocycles. The van der Waals surface area contributed by atoms with Crippen LogP contribution in [-0.4, -0.2) is 46.6 Å². The Labute approximate surface area is 173 Å². The van der Waals surface area contributed by atoms with Gasteiger partial charge < -0.3 is 15.0 Å². The number of halogens is 2. The van der Waals surface area contributed by atoms with Gasteiger partial charge in [-0.3, -0.25) is 9.69 Å². The van der Waals surface area contributed by atoms with E-state index in [1.54, 1.807) is 18.2 Å². The number of nitrogens with zero attached hydrogens (tertiary/aromatic N) is 2. The number of ether oxygens (including phenoxy) is 1. The van der Waals surface area contributed by atoms with Crippen molar-refractivity contribution in [1.29, 1.82) is 0 Å². The van der Waals surface area contributed by atoms with Crippen LogP contribution in [0.2, 0.25) is 0 Å². The van der Waals surface area contributed by atoms with Crippen molar-refractivity contribution in [3.8, 4) is 0 Å². The first kappa shape index (κ1) is 20.4. The second-order valence-electron chi connectivity index (χ2n) is 7.57. The molecule has 8 heteroatoms. The molecule has 30 heavy (non-hydrogen) atoms. The third-order valence-electron chi connectivity index (χ3n) is 5.14. The van der Waals surface area contributed by atoms with E-state index < -0.39 is 12.2 Å². The Morgan fingerprint density at radius 2 is 2.13 bits per heavy atom. The van der Waals surface area contributed by atoms with Gasteiger partial charge in [-0.1, -0.05) is 24.3 Å². The smallest absolute Gasteiger partial charge is 0.295 e. The molecule has 158 valence electrons. The highest BCUT2D eigenvalue weighted by atomic mass is 19.3. The van der Waals surface area contributed by atoms with Crippen molar-refractivity contribution in [3.63, 3.8) is 0 Å². The van der Waals surface area contributed by atoms with Crippen LogP contribution in [0.5, 0.6) is 0 Å². The Bertz CT molecular complexity index is 1040. The van der Waals surface area contributed by atoms with Crippen LogP contribution in [0, 0.1) is 0 Å². The molecule has 1 aromatic heterocycles. The lowest BCUT2D eigenvalue weighted by Gasteiger charge is -2.31. The van der Waals surface area contributed by atoms with Crippen molar-refractivity contribution >= 4 is 16.9 Å². The summed E-state index contributed by atoms with van der Waals surface area (Å²) in [4.78, 5) is 21.3. The second kappa shape index (κ2) is 8.89. The van der Waals surface area contributed by atoms with Crippen LogP contribution in [0.15, 0.2) is 42.5 Å². The zero-order valence-electron chi connectivity index (χ0n) is 16.7. The molecule has 2 heterocycles. The first-order chi connectivity index (χ1) is 14.5. The van der Waals surface area contributed by atoms with E-state index in [9.17, 15) is 13.6 Å². The number of aromatic amines is 1. The summed E-state index contributed by atoms with van der Waals surface area (Å²) in [6.45, 7) is 5.87. The van der Waals surface area contributed by atoms with E-state index in [1.165, 1.54) is 5.56 Å². The molecule has 3 aromatic rings. The fraction of sp³-hybridized carbons (Fsp3) is 0.364. The highest BCUT2D eigenvalue weighted by Gasteiger charge is 2.17. The van der Waals surface area contributed by atoms with E-state index in [2.05, 4.69) is 39.2 Å². The standard InChI is InChI=1S/C22H24F2N4O2/c1-14-12-28(7-8-30-14)13-16-4-2-3-15(9-16)11-25-22(29)17-5-6-18-19(10-17)27-21(26-18)20(23)24/h2-6,9-10,14,20H,7-8,11-13H2,1H3,(H,25,29)(H,26,27). The summed E-state index contributed by atoms with van der Waals surface area (Å²) in [5.41, 5.74) is 3.41. The number of imidazole rings is 1. The molecule has 2 aromatic carbocycles. The Morgan fingerprint density at radius 3 is 2.93 bits per heavy atom. The zero-order chi connectivity index (χ0) is 21.1. The molecule has 1 atom stereocenters. The van der Waals surface area contributed by atoms with Crippen LogP contribution in [0.4, 0.5) is 8.78 Å². The number of alkyl halides is 2. The van der Waals surface area contributed by atoms with Crippen molar-refractivity contribution in [2.24, 2.45) is 0 Å². The van der Waals surface area contributed by atoms with Gasteiger partial charge in [0.15, 0.2) is 5.82 Å². The molecule has 1 saturated heterocycles. The molecular formula is C22H24F2N4O2. The number of nitrogens with one attached hydrogen (secondary N) is 2. The number of hydrogen-bond acceptors (Lipinski definition) is 4. The van der Waals surface area contributed by atoms with Crippen LogP contribution in [0.25, 0.3) is 11.0 Å². The molecule has 1 fully saturated rings. The SMILES string of the molecule is CC1CN(Cc2cccc(CNC(=O)c3ccc4nc(C(F)F)[nH]c4c3)c2)CCO1. The quantitative estimate of drug-likeness (QED) is 0.646. The summed E-state index contributed by atoms with van der Waals surface area (Å²) < 4.78 is 31.2. The Morgan fingerprint density at radius 1 is 1.30 bits per heavy atom. The summed E-state index contributed by atoms with van der Waals surface area (Å²) >= 11 is 0. The maximum atomic E-state index is 12.8. The minimum Gasteiger partial charge on any atom is -0.376 e. The van der Waals surface area contributed by atoms with Crippen LogP contribution in [0.3, 0.4) is 0 Å². The third kappa shape index (κ3) is 4.83. The van der Waals surface area contributed by atoms with E-state index in [4.69, 9.17) is 4.74 Å². The number of benzene rings is 2. The van der Waals surface area contributed by atoms with Gasteiger partial charge in [0, 0.05) is 31.7 Å². The number of carbonyl (C=O) groups excluding carboxylic acids is 1. The molecule has 2 N–H and O–H groups in total. The van der Waals surface area contributed by atoms with Gasteiger partial charge in [0.05, 0.1) is 23.7 Å². The third-order valence-corrected chi connectivity index (χ3v) is 5.14. The van der Waals surface area contributed by atoms with Crippen LogP contribution in [-0.2, 0) is 17.8 Å². The van der Waals surface area contributed by atoms with E-state index in [-0.39, 0.29) is 12.0 Å². The van der Waals surface area contributed by atoms with Crippen LogP contribution >= 0.6 is 0 Å². The van der Waals surface area contributed by atoms with Gasteiger partial charge in [0.25, 0.3) is 12.3 Å². The predicted molar refractivity (Wildman–Crippen MR) is 109 cm³/mol. The van der Waals surface area contributed by atoms with Gasteiger partial charge in [0.2, 0.25) is 0 Å². The monoisotopic (exact) mass is 414 g/mol. The molecule has 0 bridgehead atoms. The van der Waals surface area contributed by atoms with Crippen molar-refractivity contribution < 1.29 is 18.3 Å². The van der Waals surface area contributed by atoms with Crippen molar-refractivity contribution in [2.75, 3.05) is 19.7 Å². The van der Waals surface area contributed by atoms with Crippen LogP contribution < -0.4 is 5.32 Å². The highest BCUT2D eigenvalue weighted by Crippen LogP contribution is 2.20. The Kier molecular flexibility index (Phi) is 6.06. The van der Waals surface area contributed by atoms with Crippen LogP contribution in [0.1, 0.15) is 40.7 Å². The van der Waals surface area contributed by atoms with Crippen molar-refractivity contribution in [3.05, 3.63) is 65.0 Å². The summed E-state index contributed by atoms with van der Waals surface area (Å²) in [5, 5.41) is 2.89. The Hall–Kier alpha value is -2.84. The van der Waals surface area contributed by atoms with Gasteiger partial charge in [0.1, 0.15) is 0 Å². The number of rotatable bonds is 6. The minimum absolute atomic E-state index is 0.241. The maximum Gasteiger partial charge on any atom is 0.295 e. The number of hydrogen-bond donors (Lipinski definition) is 2. The zero-order valence-corrected chi connectivity index (χ0v) is 16.7. The summed E-state index contributed by atoms with van der Waals surface area (Å²) in [6, 6.07) is 12.8. The number of morpholine rings is 1. The van der Waals surface area contributed by atoms with Gasteiger partial charge in [-0.05, 0) is 36.2 Å². The molecule has 6 nitrogen and oxygen atoms in total. The summed E-state index contributed by atoms with van der Waals surface area (Å²) in [6.07, 6.45) is -2.44. The maximum absolute atomic E-state index is 12.8. The average Bonchev–Trinajstić information content (AvgIpc) is 3.16. The number of amides is 1. The minimum atomic E-state index is -2.68. The Balaban J connectivity index is 1.38. The lowest BCUT2D eigenvalue weighted by atomic mass is 10.1. The normalized spacial score (nSPS) is 17.5. The fourth-order valence-electron chi connectivity index (χ4n) is 3.69. The van der Waals surface area contributed by atoms with E-state index in [0.29, 0.717) is 23.1 Å². The first-order valence-electron chi connectivity index (χ1n) is 9.96. The first-order valence-corrected chi connectivity index (χ1v) is 9.96. The van der Waals surface area contributed by atoms with E-state index >= 15 is 0 Å². The predicted octanol–water partition coefficient (Wildman–Crippen LogP) is 3.65. The molecule has 1 unspecified atom stereocenters. The van der Waals surface area contributed by atoms with Crippen molar-refractivity contribution in [2.45, 2.75) is 32.5 Å². The summed E-state index contributed by atoms with van der Waals surface area (Å²) in [7, 11) is 0. The number of fused-ring (bicyclic) bond motifs is 1. The second-order valence-corrected chi connectivity index (χ2v) is 7.57. The molecule has 0 radical (unpaired) electrons. The highest BCUT2D eigenvalue weighted by molar-refractivity contribution is 5.97. The topological polar surface area (TPSA) is 70.2 Å². The number of H-pyrrole nitrogens is 1. The molecule has 1 amide bonds. The van der Waals surface area contributed by atoms with E-state index in [0.717, 1.165) is 31.8 Å². The number of carbonyl (C=O) groups is 1. The molecule has 0 aliphatic carbocycles. The lowest BCUT2D eigenvalue weighted by molar-refractivity contribution is -0.0212. The molecule has 4 rings (SSSR count). The molecule has 0 spiro atoms. The van der Waals surface area contributed by atoms with Gasteiger partial charge >= 0.3 is 0 Å². The van der Waals surface area contributed by atoms with Crippen molar-refractivity contribution in [1.82, 2.24) is 20.2 Å². The average molecular weight is 414 g/mol. The lowest BCUT2D eigenvalue weighted by Crippen LogP contribution is -2.40. The largest absolute Gasteiger partial charge is 0.376 e. The molecule has 1 aliphatic rings. The summed E-state index contributed by atoms with van der Waals surface area (Å²) in [5.74, 6) is -0.661. The fourth-order valence-corrected chi connectivity index (χ4v) is 3.69. The molecule has 0 saturated carbocycles.